The van der Waals surface area contributed by atoms with Crippen molar-refractivity contribution >= 4 is 34.8 Å². The lowest BCUT2D eigenvalue weighted by Gasteiger charge is -2.37. The van der Waals surface area contributed by atoms with E-state index in [1.54, 1.807) is 83.8 Å². The van der Waals surface area contributed by atoms with Crippen molar-refractivity contribution in [3.05, 3.63) is 147 Å². The van der Waals surface area contributed by atoms with Crippen molar-refractivity contribution in [1.29, 1.82) is 0 Å². The molecule has 0 amide bonds. The van der Waals surface area contributed by atoms with Crippen LogP contribution in [0.15, 0.2) is 103 Å². The van der Waals surface area contributed by atoms with Crippen molar-refractivity contribution in [3.63, 3.8) is 0 Å². The molecule has 0 radical (unpaired) electrons. The van der Waals surface area contributed by atoms with E-state index in [2.05, 4.69) is 0 Å². The Morgan fingerprint density at radius 3 is 2.22 bits per heavy atom. The predicted octanol–water partition coefficient (Wildman–Crippen LogP) is 6.05. The summed E-state index contributed by atoms with van der Waals surface area (Å²) in [5.74, 6) is -2.80. The van der Waals surface area contributed by atoms with Gasteiger partial charge in [0.15, 0.2) is 17.3 Å². The minimum absolute atomic E-state index is 0.221. The summed E-state index contributed by atoms with van der Waals surface area (Å²) in [6, 6.07) is 23.0. The highest BCUT2D eigenvalue weighted by Gasteiger charge is 2.71. The molecule has 1 spiro atoms. The first-order chi connectivity index (χ1) is 19.8. The maximum Gasteiger partial charge on any atom is 0.269 e. The number of ketones is 3. The van der Waals surface area contributed by atoms with E-state index in [4.69, 9.17) is 0 Å². The van der Waals surface area contributed by atoms with Crippen LogP contribution in [0, 0.1) is 21.3 Å². The van der Waals surface area contributed by atoms with E-state index in [-0.39, 0.29) is 22.6 Å². The van der Waals surface area contributed by atoms with Crippen LogP contribution < -0.4 is 4.90 Å². The van der Waals surface area contributed by atoms with Crippen LogP contribution in [0.25, 0.3) is 6.08 Å². The molecule has 1 aliphatic carbocycles. The van der Waals surface area contributed by atoms with Gasteiger partial charge in [-0.15, -0.1) is 0 Å². The number of non-ortho nitro benzene ring substituents is 1. The molecule has 0 unspecified atom stereocenters. The third-order valence-corrected chi connectivity index (χ3v) is 8.53. The molecular weight excluding hydrogens is 523 g/mol. The van der Waals surface area contributed by atoms with Crippen LogP contribution in [0.2, 0.25) is 0 Å². The Morgan fingerprint density at radius 2 is 1.54 bits per heavy atom. The highest BCUT2D eigenvalue weighted by atomic mass is 19.1. The normalized spacial score (nSPS) is 21.5. The second kappa shape index (κ2) is 8.89. The quantitative estimate of drug-likeness (QED) is 0.134. The van der Waals surface area contributed by atoms with Crippen LogP contribution in [0.4, 0.5) is 15.8 Å². The molecule has 7 nitrogen and oxygen atoms in total. The number of Topliss-reactive ketones (excluding diaryl/α,β-unsaturated/α-hetero) is 3. The average molecular weight is 545 g/mol. The summed E-state index contributed by atoms with van der Waals surface area (Å²) in [6.45, 7) is 0. The van der Waals surface area contributed by atoms with Gasteiger partial charge in [0.25, 0.3) is 5.69 Å². The SMILES string of the molecule is O=C(c1ccccc1)[C@@H]1[C@H](c2cccc([N+](=O)[O-])c2)C2(C(=O)c3ccccc3C2=O)[C@H]2C=Cc3cc(F)ccc3N12. The molecular formula is C33H21FN2O5. The van der Waals surface area contributed by atoms with Crippen LogP contribution in [-0.4, -0.2) is 34.4 Å². The molecule has 4 aromatic rings. The molecule has 3 atom stereocenters. The van der Waals surface area contributed by atoms with Crippen molar-refractivity contribution in [2.24, 2.45) is 5.41 Å². The number of benzene rings is 4. The van der Waals surface area contributed by atoms with Gasteiger partial charge in [-0.3, -0.25) is 24.5 Å². The van der Waals surface area contributed by atoms with Gasteiger partial charge in [-0.25, -0.2) is 4.39 Å². The fourth-order valence-electron chi connectivity index (χ4n) is 6.93. The fourth-order valence-corrected chi connectivity index (χ4v) is 6.93. The number of nitro benzene ring substituents is 1. The summed E-state index contributed by atoms with van der Waals surface area (Å²) in [5.41, 5.74) is 0.164. The van der Waals surface area contributed by atoms with Gasteiger partial charge < -0.3 is 4.90 Å². The van der Waals surface area contributed by atoms with E-state index in [1.807, 2.05) is 0 Å². The van der Waals surface area contributed by atoms with Gasteiger partial charge in [-0.1, -0.05) is 78.9 Å². The summed E-state index contributed by atoms with van der Waals surface area (Å²) >= 11 is 0. The van der Waals surface area contributed by atoms with E-state index in [0.29, 0.717) is 22.4 Å². The van der Waals surface area contributed by atoms with Gasteiger partial charge in [-0.05, 0) is 23.8 Å². The largest absolute Gasteiger partial charge is 0.352 e. The lowest BCUT2D eigenvalue weighted by molar-refractivity contribution is -0.384. The molecule has 2 aliphatic heterocycles. The Kier molecular flexibility index (Phi) is 5.37. The summed E-state index contributed by atoms with van der Waals surface area (Å²) < 4.78 is 14.3. The first-order valence-corrected chi connectivity index (χ1v) is 13.1. The molecule has 4 aromatic carbocycles. The fraction of sp³-hybridized carbons (Fsp3) is 0.121. The van der Waals surface area contributed by atoms with Crippen molar-refractivity contribution in [3.8, 4) is 0 Å². The first kappa shape index (κ1) is 24.8. The number of hydrogen-bond donors (Lipinski definition) is 0. The van der Waals surface area contributed by atoms with E-state index in [1.165, 1.54) is 30.3 Å². The van der Waals surface area contributed by atoms with Crippen LogP contribution in [0.1, 0.15) is 48.1 Å². The number of nitrogens with zero attached hydrogens (tertiary/aromatic N) is 2. The summed E-state index contributed by atoms with van der Waals surface area (Å²) in [6.07, 6.45) is 3.36. The Hall–Kier alpha value is -5.24. The number of anilines is 1. The molecule has 0 bridgehead atoms. The second-order valence-corrected chi connectivity index (χ2v) is 10.5. The smallest absolute Gasteiger partial charge is 0.269 e. The Morgan fingerprint density at radius 1 is 0.854 bits per heavy atom. The van der Waals surface area contributed by atoms with E-state index >= 15 is 0 Å². The summed E-state index contributed by atoms with van der Waals surface area (Å²) in [7, 11) is 0. The zero-order chi connectivity index (χ0) is 28.5. The maximum atomic E-state index is 14.6. The number of hydrogen-bond acceptors (Lipinski definition) is 6. The molecule has 0 saturated carbocycles. The molecule has 2 heterocycles. The molecule has 7 rings (SSSR count). The monoisotopic (exact) mass is 544 g/mol. The molecule has 41 heavy (non-hydrogen) atoms. The van der Waals surface area contributed by atoms with E-state index < -0.39 is 45.7 Å². The molecule has 8 heteroatoms. The molecule has 1 fully saturated rings. The molecule has 200 valence electrons. The van der Waals surface area contributed by atoms with Crippen molar-refractivity contribution in [2.75, 3.05) is 4.90 Å². The minimum Gasteiger partial charge on any atom is -0.352 e. The molecule has 1 saturated heterocycles. The maximum absolute atomic E-state index is 14.6. The van der Waals surface area contributed by atoms with Gasteiger partial charge in [-0.2, -0.15) is 0 Å². The van der Waals surface area contributed by atoms with Crippen molar-refractivity contribution in [1.82, 2.24) is 0 Å². The standard InChI is InChI=1S/C33H21FN2O5/c34-22-14-15-26-20(17-22)13-16-27-33(31(38)24-11-4-5-12-25(24)32(33)39)28(21-9-6-10-23(18-21)36(40)41)29(35(26)27)30(37)19-7-2-1-3-8-19/h1-18,27-29H/t27-,28+,29+/m1/s1. The zero-order valence-electron chi connectivity index (χ0n) is 21.4. The number of carbonyl (C=O) groups is 3. The van der Waals surface area contributed by atoms with E-state index in [0.717, 1.165) is 0 Å². The van der Waals surface area contributed by atoms with Gasteiger partial charge in [0.1, 0.15) is 17.3 Å². The van der Waals surface area contributed by atoms with Crippen LogP contribution in [0.3, 0.4) is 0 Å². The van der Waals surface area contributed by atoms with Crippen molar-refractivity contribution < 1.29 is 23.7 Å². The number of halogens is 1. The Balaban J connectivity index is 1.57. The number of carbonyl (C=O) groups excluding carboxylic acids is 3. The highest BCUT2D eigenvalue weighted by molar-refractivity contribution is 6.32. The third-order valence-electron chi connectivity index (χ3n) is 8.53. The third kappa shape index (κ3) is 3.34. The van der Waals surface area contributed by atoms with Crippen molar-refractivity contribution in [2.45, 2.75) is 18.0 Å². The predicted molar refractivity (Wildman–Crippen MR) is 150 cm³/mol. The molecule has 0 aromatic heterocycles. The van der Waals surface area contributed by atoms with Crippen LogP contribution >= 0.6 is 0 Å². The van der Waals surface area contributed by atoms with Gasteiger partial charge in [0, 0.05) is 46.0 Å². The second-order valence-electron chi connectivity index (χ2n) is 10.5. The van der Waals surface area contributed by atoms with Gasteiger partial charge in [0.2, 0.25) is 0 Å². The van der Waals surface area contributed by atoms with Gasteiger partial charge >= 0.3 is 0 Å². The van der Waals surface area contributed by atoms with Gasteiger partial charge in [0.05, 0.1) is 11.0 Å². The zero-order valence-corrected chi connectivity index (χ0v) is 21.4. The highest BCUT2D eigenvalue weighted by Crippen LogP contribution is 2.61. The van der Waals surface area contributed by atoms with Crippen LogP contribution in [0.5, 0.6) is 0 Å². The Bertz CT molecular complexity index is 1800. The lowest BCUT2D eigenvalue weighted by Crippen LogP contribution is -2.48. The average Bonchev–Trinajstić information content (AvgIpc) is 3.43. The number of nitro groups is 1. The summed E-state index contributed by atoms with van der Waals surface area (Å²) in [5, 5.41) is 11.8. The van der Waals surface area contributed by atoms with E-state index in [9.17, 15) is 28.9 Å². The van der Waals surface area contributed by atoms with Crippen LogP contribution in [-0.2, 0) is 0 Å². The summed E-state index contributed by atoms with van der Waals surface area (Å²) in [4.78, 5) is 56.7. The number of fused-ring (bicyclic) bond motifs is 5. The topological polar surface area (TPSA) is 97.6 Å². The Labute approximate surface area is 233 Å². The molecule has 0 N–H and O–H groups in total. The molecule has 3 aliphatic rings. The minimum atomic E-state index is -1.80. The lowest BCUT2D eigenvalue weighted by atomic mass is 9.64. The number of rotatable bonds is 4. The first-order valence-electron chi connectivity index (χ1n) is 13.1.